The van der Waals surface area contributed by atoms with Crippen LogP contribution in [0.3, 0.4) is 0 Å². The third kappa shape index (κ3) is 5.10. The summed E-state index contributed by atoms with van der Waals surface area (Å²) in [4.78, 5) is 12.9. The number of aldehydes is 1. The van der Waals surface area contributed by atoms with Gasteiger partial charge in [0.25, 0.3) is 0 Å². The first-order chi connectivity index (χ1) is 16.0. The Hall–Kier alpha value is -2.75. The van der Waals surface area contributed by atoms with E-state index in [4.69, 9.17) is 4.43 Å². The maximum Gasteiger partial charge on any atom is 0.193 e. The van der Waals surface area contributed by atoms with Gasteiger partial charge < -0.3 is 9.22 Å². The number of carbonyl (C=O) groups is 1. The maximum atomic E-state index is 12.9. The molecule has 0 heterocycles. The second-order valence-corrected chi connectivity index (χ2v) is 13.9. The van der Waals surface area contributed by atoms with Gasteiger partial charge in [0.2, 0.25) is 0 Å². The molecule has 0 aromatic heterocycles. The van der Waals surface area contributed by atoms with Gasteiger partial charge in [0.15, 0.2) is 14.6 Å². The lowest BCUT2D eigenvalue weighted by Gasteiger charge is -2.40. The molecule has 0 aliphatic heterocycles. The Kier molecular flexibility index (Phi) is 7.11. The Morgan fingerprint density at radius 2 is 1.09 bits per heavy atom. The van der Waals surface area contributed by atoms with E-state index in [-0.39, 0.29) is 0 Å². The number of rotatable bonds is 10. The molecule has 0 fully saturated rings. The minimum atomic E-state index is -2.02. The van der Waals surface area contributed by atoms with Crippen LogP contribution in [-0.2, 0) is 22.1 Å². The Bertz CT molecular complexity index is 1150. The van der Waals surface area contributed by atoms with Crippen LogP contribution < -0.4 is 0 Å². The second kappa shape index (κ2) is 10.0. The molecule has 3 heteroatoms. The highest BCUT2D eigenvalue weighted by atomic mass is 28.4. The van der Waals surface area contributed by atoms with Crippen LogP contribution in [0.5, 0.6) is 0 Å². The topological polar surface area (TPSA) is 26.3 Å². The Morgan fingerprint density at radius 3 is 1.48 bits per heavy atom. The van der Waals surface area contributed by atoms with E-state index in [9.17, 15) is 4.79 Å². The maximum absolute atomic E-state index is 12.9. The van der Waals surface area contributed by atoms with Crippen LogP contribution in [0, 0.1) is 0 Å². The van der Waals surface area contributed by atoms with Gasteiger partial charge >= 0.3 is 0 Å². The molecule has 2 nitrogen and oxygen atoms in total. The predicted molar refractivity (Wildman–Crippen MR) is 142 cm³/mol. The van der Waals surface area contributed by atoms with Crippen LogP contribution in [-0.4, -0.2) is 20.2 Å². The molecule has 0 bridgehead atoms. The zero-order chi connectivity index (χ0) is 23.3. The van der Waals surface area contributed by atoms with Crippen LogP contribution in [0.25, 0.3) is 21.5 Å². The van der Waals surface area contributed by atoms with Gasteiger partial charge in [-0.3, -0.25) is 0 Å². The van der Waals surface area contributed by atoms with Crippen molar-refractivity contribution in [1.82, 2.24) is 0 Å². The first-order valence-electron chi connectivity index (χ1n) is 12.2. The first-order valence-corrected chi connectivity index (χ1v) is 14.7. The zero-order valence-corrected chi connectivity index (χ0v) is 21.0. The lowest BCUT2D eigenvalue weighted by atomic mass is 9.88. The average Bonchev–Trinajstić information content (AvgIpc) is 2.87. The number of fused-ring (bicyclic) bond motifs is 2. The third-order valence-electron chi connectivity index (χ3n) is 7.20. The minimum Gasteiger partial charge on any atom is -0.404 e. The number of hydrogen-bond acceptors (Lipinski definition) is 2. The summed E-state index contributed by atoms with van der Waals surface area (Å²) in [6.07, 6.45) is 2.27. The van der Waals surface area contributed by atoms with Crippen molar-refractivity contribution in [3.63, 3.8) is 0 Å². The van der Waals surface area contributed by atoms with Crippen molar-refractivity contribution in [3.05, 3.63) is 96.1 Å². The summed E-state index contributed by atoms with van der Waals surface area (Å²) in [6.45, 7) is 6.67. The van der Waals surface area contributed by atoms with Gasteiger partial charge in [-0.05, 0) is 50.8 Å². The highest BCUT2D eigenvalue weighted by Gasteiger charge is 2.41. The van der Waals surface area contributed by atoms with Crippen molar-refractivity contribution in [1.29, 1.82) is 0 Å². The lowest BCUT2D eigenvalue weighted by molar-refractivity contribution is -0.122. The van der Waals surface area contributed by atoms with Gasteiger partial charge in [-0.1, -0.05) is 106 Å². The highest BCUT2D eigenvalue weighted by molar-refractivity contribution is 6.73. The summed E-state index contributed by atoms with van der Waals surface area (Å²) in [5, 5.41) is 4.83. The van der Waals surface area contributed by atoms with E-state index < -0.39 is 13.9 Å². The Labute approximate surface area is 198 Å². The molecule has 0 spiro atoms. The molecule has 4 aromatic carbocycles. The smallest absolute Gasteiger partial charge is 0.193 e. The van der Waals surface area contributed by atoms with Crippen LogP contribution in [0.2, 0.25) is 18.1 Å². The van der Waals surface area contributed by atoms with E-state index >= 15 is 0 Å². The average molecular weight is 455 g/mol. The van der Waals surface area contributed by atoms with Crippen molar-refractivity contribution in [2.24, 2.45) is 0 Å². The minimum absolute atomic E-state index is 0.586. The van der Waals surface area contributed by atoms with Gasteiger partial charge in [-0.15, -0.1) is 0 Å². The molecule has 0 aliphatic carbocycles. The van der Waals surface area contributed by atoms with Gasteiger partial charge in [0.1, 0.15) is 5.60 Å². The lowest BCUT2D eigenvalue weighted by Crippen LogP contribution is -2.51. The molecule has 0 radical (unpaired) electrons. The van der Waals surface area contributed by atoms with Crippen LogP contribution in [0.1, 0.15) is 31.9 Å². The number of benzene rings is 4. The molecule has 0 aliphatic rings. The first kappa shape index (κ1) is 23.4. The predicted octanol–water partition coefficient (Wildman–Crippen LogP) is 7.74. The van der Waals surface area contributed by atoms with Gasteiger partial charge in [0.05, 0.1) is 0 Å². The summed E-state index contributed by atoms with van der Waals surface area (Å²) in [6, 6.07) is 32.9. The van der Waals surface area contributed by atoms with E-state index in [0.717, 1.165) is 35.5 Å². The SMILES string of the molecule is CC[Si](CC)(CC)OC(C=O)(Cc1ccc2ccccc2c1)Cc1ccc2ccccc2c1. The van der Waals surface area contributed by atoms with Crippen LogP contribution >= 0.6 is 0 Å². The van der Waals surface area contributed by atoms with Gasteiger partial charge in [-0.2, -0.15) is 0 Å². The molecule has 0 saturated heterocycles. The number of hydrogen-bond donors (Lipinski definition) is 0. The molecular formula is C30H34O2Si. The molecule has 0 unspecified atom stereocenters. The van der Waals surface area contributed by atoms with E-state index in [1.807, 2.05) is 0 Å². The molecule has 4 rings (SSSR count). The fourth-order valence-electron chi connectivity index (χ4n) is 5.03. The molecule has 33 heavy (non-hydrogen) atoms. The fraction of sp³-hybridized carbons (Fsp3) is 0.300. The molecule has 170 valence electrons. The molecular weight excluding hydrogens is 420 g/mol. The molecule has 4 aromatic rings. The Morgan fingerprint density at radius 1 is 0.667 bits per heavy atom. The summed E-state index contributed by atoms with van der Waals surface area (Å²) < 4.78 is 7.03. The molecule has 0 amide bonds. The Balaban J connectivity index is 1.75. The largest absolute Gasteiger partial charge is 0.404 e. The highest BCUT2D eigenvalue weighted by Crippen LogP contribution is 2.33. The monoisotopic (exact) mass is 454 g/mol. The fourth-order valence-corrected chi connectivity index (χ4v) is 8.02. The molecule has 0 saturated carbocycles. The number of carbonyl (C=O) groups excluding carboxylic acids is 1. The summed E-state index contributed by atoms with van der Waals surface area (Å²) >= 11 is 0. The van der Waals surface area contributed by atoms with E-state index in [0.29, 0.717) is 12.8 Å². The normalized spacial score (nSPS) is 12.3. The quantitative estimate of drug-likeness (QED) is 0.181. The summed E-state index contributed by atoms with van der Waals surface area (Å²) in [7, 11) is -2.02. The molecule has 0 atom stereocenters. The van der Waals surface area contributed by atoms with Gasteiger partial charge in [0, 0.05) is 12.8 Å². The van der Waals surface area contributed by atoms with Crippen molar-refractivity contribution >= 4 is 36.1 Å². The summed E-state index contributed by atoms with van der Waals surface area (Å²) in [5.74, 6) is 0. The second-order valence-electron chi connectivity index (χ2n) is 9.24. The van der Waals surface area contributed by atoms with E-state index in [1.165, 1.54) is 21.5 Å². The van der Waals surface area contributed by atoms with E-state index in [2.05, 4.69) is 106 Å². The molecule has 0 N–H and O–H groups in total. The van der Waals surface area contributed by atoms with Crippen LogP contribution in [0.4, 0.5) is 0 Å². The van der Waals surface area contributed by atoms with E-state index in [1.54, 1.807) is 0 Å². The van der Waals surface area contributed by atoms with Crippen molar-refractivity contribution < 1.29 is 9.22 Å². The van der Waals surface area contributed by atoms with Crippen LogP contribution in [0.15, 0.2) is 84.9 Å². The zero-order valence-electron chi connectivity index (χ0n) is 20.0. The van der Waals surface area contributed by atoms with Crippen molar-refractivity contribution in [3.8, 4) is 0 Å². The van der Waals surface area contributed by atoms with Crippen molar-refractivity contribution in [2.75, 3.05) is 0 Å². The van der Waals surface area contributed by atoms with Gasteiger partial charge in [-0.25, -0.2) is 0 Å². The van der Waals surface area contributed by atoms with Crippen molar-refractivity contribution in [2.45, 2.75) is 57.3 Å². The summed E-state index contributed by atoms with van der Waals surface area (Å²) in [5.41, 5.74) is 1.43. The standard InChI is InChI=1S/C30H34O2Si/c1-4-33(5-2,6-3)32-30(23-31,21-24-15-17-26-11-7-9-13-28(26)19-24)22-25-16-18-27-12-8-10-14-29(27)20-25/h7-20,23H,4-6,21-22H2,1-3H3. The third-order valence-corrected chi connectivity index (χ3v) is 11.9.